The van der Waals surface area contributed by atoms with Crippen molar-refractivity contribution >= 4 is 34.9 Å². The molecule has 2 fully saturated rings. The monoisotopic (exact) mass is 541 g/mol. The van der Waals surface area contributed by atoms with E-state index in [1.165, 1.54) is 0 Å². The standard InChI is InChI=1S/C27H33Cl2N7O/c1-2-21-17-35(27-23(29)15-19(16-33-27)26-31-9-10-32-26)13-14-36(21)22-7-11-34(12-8-22)24(25(30)37)18-3-5-20(28)6-4-18/h3-6,9-10,15-16,21-22,24H,2,7-8,11-14,17H2,1H3,(H2,30,37)(H,31,32)/t21-,24-/m0/s1. The van der Waals surface area contributed by atoms with Crippen LogP contribution >= 0.6 is 23.2 Å². The van der Waals surface area contributed by atoms with Gasteiger partial charge >= 0.3 is 0 Å². The number of piperazine rings is 1. The summed E-state index contributed by atoms with van der Waals surface area (Å²) in [5, 5.41) is 1.30. The van der Waals surface area contributed by atoms with Gasteiger partial charge in [0.2, 0.25) is 5.91 Å². The van der Waals surface area contributed by atoms with Crippen molar-refractivity contribution in [2.45, 2.75) is 44.3 Å². The van der Waals surface area contributed by atoms with E-state index in [2.05, 4.69) is 31.6 Å². The lowest BCUT2D eigenvalue weighted by molar-refractivity contribution is -0.124. The Morgan fingerprint density at radius 3 is 2.51 bits per heavy atom. The number of aromatic amines is 1. The number of halogens is 2. The maximum atomic E-state index is 12.4. The zero-order chi connectivity index (χ0) is 25.9. The first-order valence-corrected chi connectivity index (χ1v) is 13.6. The highest BCUT2D eigenvalue weighted by Crippen LogP contribution is 2.32. The number of aromatic nitrogens is 3. The van der Waals surface area contributed by atoms with Gasteiger partial charge in [0.25, 0.3) is 0 Å². The molecular formula is C27H33Cl2N7O. The number of anilines is 1. The van der Waals surface area contributed by atoms with Crippen LogP contribution < -0.4 is 10.6 Å². The highest BCUT2D eigenvalue weighted by Gasteiger charge is 2.36. The number of likely N-dealkylation sites (tertiary alicyclic amines) is 1. The van der Waals surface area contributed by atoms with Gasteiger partial charge in [0, 0.05) is 74.0 Å². The number of carbonyl (C=O) groups excluding carboxylic acids is 1. The van der Waals surface area contributed by atoms with Gasteiger partial charge in [0.05, 0.1) is 5.02 Å². The summed E-state index contributed by atoms with van der Waals surface area (Å²) in [7, 11) is 0. The summed E-state index contributed by atoms with van der Waals surface area (Å²) in [6.07, 6.45) is 8.40. The van der Waals surface area contributed by atoms with Gasteiger partial charge in [0.1, 0.15) is 17.7 Å². The van der Waals surface area contributed by atoms with E-state index >= 15 is 0 Å². The van der Waals surface area contributed by atoms with Crippen molar-refractivity contribution in [1.29, 1.82) is 0 Å². The third kappa shape index (κ3) is 5.62. The molecule has 1 aromatic carbocycles. The van der Waals surface area contributed by atoms with Gasteiger partial charge in [0.15, 0.2) is 0 Å². The number of amides is 1. The Labute approximate surface area is 227 Å². The normalized spacial score (nSPS) is 20.7. The van der Waals surface area contributed by atoms with E-state index in [0.717, 1.165) is 74.8 Å². The maximum Gasteiger partial charge on any atom is 0.239 e. The van der Waals surface area contributed by atoms with Gasteiger partial charge in [-0.05, 0) is 43.0 Å². The van der Waals surface area contributed by atoms with Gasteiger partial charge in [-0.1, -0.05) is 42.3 Å². The lowest BCUT2D eigenvalue weighted by Gasteiger charge is -2.48. The average molecular weight is 543 g/mol. The van der Waals surface area contributed by atoms with Gasteiger partial charge in [-0.25, -0.2) is 9.97 Å². The van der Waals surface area contributed by atoms with Crippen LogP contribution in [0.1, 0.15) is 37.8 Å². The quantitative estimate of drug-likeness (QED) is 0.461. The van der Waals surface area contributed by atoms with Crippen LogP contribution in [-0.4, -0.2) is 75.5 Å². The van der Waals surface area contributed by atoms with E-state index < -0.39 is 6.04 Å². The van der Waals surface area contributed by atoms with E-state index in [1.54, 1.807) is 12.4 Å². The number of nitrogens with zero attached hydrogens (tertiary/aromatic N) is 5. The van der Waals surface area contributed by atoms with Crippen LogP contribution in [0.5, 0.6) is 0 Å². The van der Waals surface area contributed by atoms with Crippen LogP contribution in [0.3, 0.4) is 0 Å². The van der Waals surface area contributed by atoms with Gasteiger partial charge in [-0.2, -0.15) is 0 Å². The Kier molecular flexibility index (Phi) is 8.00. The molecule has 1 amide bonds. The molecule has 4 heterocycles. The molecule has 2 aromatic heterocycles. The Bertz CT molecular complexity index is 1200. The molecule has 0 saturated carbocycles. The predicted molar refractivity (Wildman–Crippen MR) is 148 cm³/mol. The number of nitrogens with two attached hydrogens (primary N) is 1. The molecule has 2 atom stereocenters. The maximum absolute atomic E-state index is 12.4. The van der Waals surface area contributed by atoms with Crippen molar-refractivity contribution < 1.29 is 4.79 Å². The van der Waals surface area contributed by atoms with Crippen LogP contribution in [-0.2, 0) is 4.79 Å². The van der Waals surface area contributed by atoms with Crippen molar-refractivity contribution in [3.8, 4) is 11.4 Å². The minimum Gasteiger partial charge on any atom is -0.368 e. The van der Waals surface area contributed by atoms with E-state index in [-0.39, 0.29) is 5.91 Å². The largest absolute Gasteiger partial charge is 0.368 e. The number of primary amides is 1. The molecule has 0 spiro atoms. The van der Waals surface area contributed by atoms with Gasteiger partial charge in [-0.15, -0.1) is 0 Å². The molecule has 2 aliphatic rings. The Balaban J connectivity index is 1.22. The van der Waals surface area contributed by atoms with Crippen molar-refractivity contribution in [3.05, 3.63) is 64.5 Å². The number of benzene rings is 1. The van der Waals surface area contributed by atoms with E-state index in [9.17, 15) is 4.79 Å². The molecule has 2 saturated heterocycles. The minimum absolute atomic E-state index is 0.316. The number of piperidine rings is 1. The van der Waals surface area contributed by atoms with E-state index in [4.69, 9.17) is 33.9 Å². The zero-order valence-corrected chi connectivity index (χ0v) is 22.5. The highest BCUT2D eigenvalue weighted by molar-refractivity contribution is 6.33. The summed E-state index contributed by atoms with van der Waals surface area (Å²) in [5.41, 5.74) is 7.61. The zero-order valence-electron chi connectivity index (χ0n) is 21.0. The van der Waals surface area contributed by atoms with Gasteiger partial charge in [-0.3, -0.25) is 14.6 Å². The Morgan fingerprint density at radius 1 is 1.14 bits per heavy atom. The predicted octanol–water partition coefficient (Wildman–Crippen LogP) is 4.37. The minimum atomic E-state index is -0.422. The molecule has 3 aromatic rings. The number of rotatable bonds is 7. The fourth-order valence-corrected chi connectivity index (χ4v) is 6.21. The number of hydrogen-bond donors (Lipinski definition) is 2. The first kappa shape index (κ1) is 26.0. The molecule has 0 radical (unpaired) electrons. The third-order valence-corrected chi connectivity index (χ3v) is 8.21. The number of H-pyrrole nitrogens is 1. The third-order valence-electron chi connectivity index (χ3n) is 7.68. The van der Waals surface area contributed by atoms with Crippen LogP contribution in [0.4, 0.5) is 5.82 Å². The Hall–Kier alpha value is -2.65. The van der Waals surface area contributed by atoms with Crippen LogP contribution in [0.25, 0.3) is 11.4 Å². The highest BCUT2D eigenvalue weighted by atomic mass is 35.5. The number of pyridine rings is 1. The van der Waals surface area contributed by atoms with E-state index in [0.29, 0.717) is 22.1 Å². The van der Waals surface area contributed by atoms with Crippen molar-refractivity contribution in [3.63, 3.8) is 0 Å². The lowest BCUT2D eigenvalue weighted by atomic mass is 9.95. The summed E-state index contributed by atoms with van der Waals surface area (Å²) in [6, 6.07) is 9.83. The molecular weight excluding hydrogens is 509 g/mol. The van der Waals surface area contributed by atoms with Crippen molar-refractivity contribution in [2.75, 3.05) is 37.6 Å². The van der Waals surface area contributed by atoms with Crippen LogP contribution in [0, 0.1) is 0 Å². The van der Waals surface area contributed by atoms with Crippen LogP contribution in [0.15, 0.2) is 48.9 Å². The SMILES string of the molecule is CC[C@H]1CN(c2ncc(-c3ncc[nH]3)cc2Cl)CCN1C1CCN([C@H](C(N)=O)c2ccc(Cl)cc2)CC1. The molecule has 10 heteroatoms. The summed E-state index contributed by atoms with van der Waals surface area (Å²) in [4.78, 5) is 31.6. The molecule has 5 rings (SSSR count). The molecule has 0 aliphatic carbocycles. The lowest BCUT2D eigenvalue weighted by Crippen LogP contribution is -2.59. The second-order valence-corrected chi connectivity index (χ2v) is 10.7. The summed E-state index contributed by atoms with van der Waals surface area (Å²) in [5.74, 6) is 1.28. The number of nitrogens with one attached hydrogen (secondary N) is 1. The second-order valence-electron chi connectivity index (χ2n) is 9.84. The van der Waals surface area contributed by atoms with Crippen molar-refractivity contribution in [1.82, 2.24) is 24.8 Å². The van der Waals surface area contributed by atoms with E-state index in [1.807, 2.05) is 36.5 Å². The smallest absolute Gasteiger partial charge is 0.239 e. The fraction of sp³-hybridized carbons (Fsp3) is 0.444. The van der Waals surface area contributed by atoms with Crippen molar-refractivity contribution in [2.24, 2.45) is 5.73 Å². The molecule has 8 nitrogen and oxygen atoms in total. The molecule has 37 heavy (non-hydrogen) atoms. The number of hydrogen-bond acceptors (Lipinski definition) is 6. The molecule has 2 aliphatic heterocycles. The van der Waals surface area contributed by atoms with Crippen LogP contribution in [0.2, 0.25) is 10.0 Å². The number of imidazole rings is 1. The molecule has 3 N–H and O–H groups in total. The second kappa shape index (κ2) is 11.4. The first-order chi connectivity index (χ1) is 17.9. The summed E-state index contributed by atoms with van der Waals surface area (Å²) >= 11 is 12.7. The molecule has 0 bridgehead atoms. The molecule has 0 unspecified atom stereocenters. The molecule has 196 valence electrons. The average Bonchev–Trinajstić information content (AvgIpc) is 3.45. The topological polar surface area (TPSA) is 94.4 Å². The summed E-state index contributed by atoms with van der Waals surface area (Å²) in [6.45, 7) is 6.63. The summed E-state index contributed by atoms with van der Waals surface area (Å²) < 4.78 is 0. The Morgan fingerprint density at radius 2 is 1.89 bits per heavy atom. The first-order valence-electron chi connectivity index (χ1n) is 12.9. The fourth-order valence-electron chi connectivity index (χ4n) is 5.80. The number of carbonyl (C=O) groups is 1. The van der Waals surface area contributed by atoms with Gasteiger partial charge < -0.3 is 15.6 Å².